The molecule has 4 heteroatoms. The molecule has 3 nitrogen and oxygen atoms in total. The van der Waals surface area contributed by atoms with E-state index in [0.717, 1.165) is 16.5 Å². The maximum Gasteiger partial charge on any atom is 0.170 e. The lowest BCUT2D eigenvalue weighted by atomic mass is 10.1. The fraction of sp³-hybridized carbons (Fsp3) is 0.200. The maximum absolute atomic E-state index is 8.91. The number of rotatable bonds is 2. The molecule has 74 valence electrons. The van der Waals surface area contributed by atoms with E-state index >= 15 is 0 Å². The monoisotopic (exact) mass is 255 g/mol. The quantitative estimate of drug-likeness (QED) is 0.865. The third-order valence-corrected chi connectivity index (χ3v) is 2.53. The normalized spacial score (nSPS) is 13.4. The van der Waals surface area contributed by atoms with Crippen molar-refractivity contribution in [2.24, 2.45) is 5.73 Å². The summed E-state index contributed by atoms with van der Waals surface area (Å²) >= 11 is 3.26. The van der Waals surface area contributed by atoms with Crippen LogP contribution < -0.4 is 5.73 Å². The van der Waals surface area contributed by atoms with Crippen LogP contribution in [0, 0.1) is 0 Å². The van der Waals surface area contributed by atoms with Crippen molar-refractivity contribution < 1.29 is 9.52 Å². The van der Waals surface area contributed by atoms with E-state index in [1.54, 1.807) is 0 Å². The number of fused-ring (bicyclic) bond motifs is 1. The number of benzene rings is 1. The fourth-order valence-electron chi connectivity index (χ4n) is 1.37. The Kier molecular flexibility index (Phi) is 2.58. The van der Waals surface area contributed by atoms with Gasteiger partial charge >= 0.3 is 0 Å². The molecule has 3 N–H and O–H groups in total. The van der Waals surface area contributed by atoms with Crippen LogP contribution in [-0.4, -0.2) is 11.7 Å². The first kappa shape index (κ1) is 9.71. The van der Waals surface area contributed by atoms with Gasteiger partial charge in [-0.2, -0.15) is 0 Å². The van der Waals surface area contributed by atoms with Crippen LogP contribution in [-0.2, 0) is 0 Å². The van der Waals surface area contributed by atoms with E-state index in [1.165, 1.54) is 0 Å². The molecule has 0 radical (unpaired) electrons. The molecule has 2 aromatic rings. The molecular formula is C10H10BrNO2. The number of aliphatic hydroxyl groups is 1. The van der Waals surface area contributed by atoms with Crippen molar-refractivity contribution in [3.63, 3.8) is 0 Å². The highest BCUT2D eigenvalue weighted by Crippen LogP contribution is 2.25. The van der Waals surface area contributed by atoms with Gasteiger partial charge < -0.3 is 15.3 Å². The Labute approximate surface area is 89.6 Å². The van der Waals surface area contributed by atoms with Gasteiger partial charge in [0.25, 0.3) is 0 Å². The van der Waals surface area contributed by atoms with Gasteiger partial charge in [-0.05, 0) is 39.7 Å². The number of nitrogens with two attached hydrogens (primary N) is 1. The fourth-order valence-corrected chi connectivity index (χ4v) is 1.79. The molecule has 0 saturated carbocycles. The molecule has 1 heterocycles. The minimum Gasteiger partial charge on any atom is -0.449 e. The van der Waals surface area contributed by atoms with Gasteiger partial charge in [0.2, 0.25) is 0 Å². The molecule has 0 bridgehead atoms. The predicted octanol–water partition coefficient (Wildman–Crippen LogP) is 2.19. The summed E-state index contributed by atoms with van der Waals surface area (Å²) in [5, 5.41) is 9.89. The molecular weight excluding hydrogens is 246 g/mol. The first-order valence-electron chi connectivity index (χ1n) is 4.26. The van der Waals surface area contributed by atoms with Gasteiger partial charge in [-0.25, -0.2) is 0 Å². The second-order valence-corrected chi connectivity index (χ2v) is 3.92. The Bertz CT molecular complexity index is 452. The van der Waals surface area contributed by atoms with Crippen LogP contribution in [0.3, 0.4) is 0 Å². The van der Waals surface area contributed by atoms with E-state index in [4.69, 9.17) is 15.3 Å². The average Bonchev–Trinajstić information content (AvgIpc) is 2.55. The molecule has 2 rings (SSSR count). The standard InChI is InChI=1S/C10H10BrNO2/c11-10-4-7-3-6(8(12)5-13)1-2-9(7)14-10/h1-4,8,13H,5,12H2. The second-order valence-electron chi connectivity index (χ2n) is 3.14. The highest BCUT2D eigenvalue weighted by Gasteiger charge is 2.07. The van der Waals surface area contributed by atoms with Crippen LogP contribution in [0.25, 0.3) is 11.0 Å². The third kappa shape index (κ3) is 1.68. The Morgan fingerprint density at radius 1 is 1.43 bits per heavy atom. The van der Waals surface area contributed by atoms with E-state index in [1.807, 2.05) is 24.3 Å². The largest absolute Gasteiger partial charge is 0.449 e. The average molecular weight is 256 g/mol. The van der Waals surface area contributed by atoms with Crippen LogP contribution >= 0.6 is 15.9 Å². The molecule has 1 atom stereocenters. The van der Waals surface area contributed by atoms with Crippen molar-refractivity contribution in [2.75, 3.05) is 6.61 Å². The zero-order valence-electron chi connectivity index (χ0n) is 7.40. The second kappa shape index (κ2) is 3.73. The van der Waals surface area contributed by atoms with Crippen molar-refractivity contribution >= 4 is 26.9 Å². The van der Waals surface area contributed by atoms with Gasteiger partial charge in [0.15, 0.2) is 4.67 Å². The molecule has 0 aliphatic heterocycles. The molecule has 0 amide bonds. The molecule has 14 heavy (non-hydrogen) atoms. The van der Waals surface area contributed by atoms with Gasteiger partial charge in [0.05, 0.1) is 12.6 Å². The maximum atomic E-state index is 8.91. The van der Waals surface area contributed by atoms with Gasteiger partial charge in [-0.1, -0.05) is 6.07 Å². The number of hydrogen-bond acceptors (Lipinski definition) is 3. The van der Waals surface area contributed by atoms with Crippen LogP contribution in [0.15, 0.2) is 33.4 Å². The third-order valence-electron chi connectivity index (χ3n) is 2.14. The van der Waals surface area contributed by atoms with Gasteiger partial charge in [-0.15, -0.1) is 0 Å². The van der Waals surface area contributed by atoms with E-state index in [0.29, 0.717) is 4.67 Å². The Morgan fingerprint density at radius 2 is 2.21 bits per heavy atom. The van der Waals surface area contributed by atoms with Crippen LogP contribution in [0.2, 0.25) is 0 Å². The summed E-state index contributed by atoms with van der Waals surface area (Å²) in [5.41, 5.74) is 7.42. The van der Waals surface area contributed by atoms with Crippen molar-refractivity contribution in [3.05, 3.63) is 34.5 Å². The van der Waals surface area contributed by atoms with Crippen molar-refractivity contribution in [1.82, 2.24) is 0 Å². The minimum absolute atomic E-state index is 0.0511. The summed E-state index contributed by atoms with van der Waals surface area (Å²) in [4.78, 5) is 0. The molecule has 0 spiro atoms. The SMILES string of the molecule is NC(CO)c1ccc2oc(Br)cc2c1. The first-order valence-corrected chi connectivity index (χ1v) is 5.05. The van der Waals surface area contributed by atoms with Crippen molar-refractivity contribution in [1.29, 1.82) is 0 Å². The number of halogens is 1. The lowest BCUT2D eigenvalue weighted by molar-refractivity contribution is 0.268. The highest BCUT2D eigenvalue weighted by atomic mass is 79.9. The number of aliphatic hydroxyl groups excluding tert-OH is 1. The van der Waals surface area contributed by atoms with Crippen LogP contribution in [0.5, 0.6) is 0 Å². The predicted molar refractivity (Wildman–Crippen MR) is 57.9 cm³/mol. The van der Waals surface area contributed by atoms with E-state index < -0.39 is 0 Å². The lowest BCUT2D eigenvalue weighted by Gasteiger charge is -2.07. The van der Waals surface area contributed by atoms with Crippen LogP contribution in [0.1, 0.15) is 11.6 Å². The first-order chi connectivity index (χ1) is 6.70. The molecule has 1 unspecified atom stereocenters. The Balaban J connectivity index is 2.50. The molecule has 0 fully saturated rings. The smallest absolute Gasteiger partial charge is 0.170 e. The number of furan rings is 1. The highest BCUT2D eigenvalue weighted by molar-refractivity contribution is 9.10. The summed E-state index contributed by atoms with van der Waals surface area (Å²) in [7, 11) is 0. The molecule has 0 saturated heterocycles. The topological polar surface area (TPSA) is 59.4 Å². The molecule has 1 aromatic heterocycles. The number of hydrogen-bond donors (Lipinski definition) is 2. The van der Waals surface area contributed by atoms with E-state index in [-0.39, 0.29) is 12.6 Å². The van der Waals surface area contributed by atoms with Crippen molar-refractivity contribution in [3.8, 4) is 0 Å². The zero-order chi connectivity index (χ0) is 10.1. The summed E-state index contributed by atoms with van der Waals surface area (Å²) in [6, 6.07) is 7.19. The van der Waals surface area contributed by atoms with Crippen LogP contribution in [0.4, 0.5) is 0 Å². The van der Waals surface area contributed by atoms with Gasteiger partial charge in [0.1, 0.15) is 5.58 Å². The Hall–Kier alpha value is -0.840. The Morgan fingerprint density at radius 3 is 2.93 bits per heavy atom. The lowest BCUT2D eigenvalue weighted by Crippen LogP contribution is -2.13. The van der Waals surface area contributed by atoms with Gasteiger partial charge in [-0.3, -0.25) is 0 Å². The molecule has 0 aliphatic carbocycles. The summed E-state index contributed by atoms with van der Waals surface area (Å²) in [6.45, 7) is -0.0511. The van der Waals surface area contributed by atoms with Gasteiger partial charge in [0, 0.05) is 5.39 Å². The summed E-state index contributed by atoms with van der Waals surface area (Å²) in [5.74, 6) is 0. The minimum atomic E-state index is -0.326. The molecule has 1 aromatic carbocycles. The summed E-state index contributed by atoms with van der Waals surface area (Å²) in [6.07, 6.45) is 0. The molecule has 0 aliphatic rings. The van der Waals surface area contributed by atoms with E-state index in [9.17, 15) is 0 Å². The van der Waals surface area contributed by atoms with E-state index in [2.05, 4.69) is 15.9 Å². The summed E-state index contributed by atoms with van der Waals surface area (Å²) < 4.78 is 6.05. The van der Waals surface area contributed by atoms with Crippen molar-refractivity contribution in [2.45, 2.75) is 6.04 Å². The zero-order valence-corrected chi connectivity index (χ0v) is 8.99.